The maximum Gasteiger partial charge on any atom is 0.228 e. The molecule has 2 aliphatic heterocycles. The lowest BCUT2D eigenvalue weighted by atomic mass is 10.1. The molecule has 2 aromatic rings. The number of halogens is 1. The van der Waals surface area contributed by atoms with Gasteiger partial charge in [-0.2, -0.15) is 0 Å². The second-order valence-corrected chi connectivity index (χ2v) is 8.21. The maximum atomic E-state index is 13.0. The van der Waals surface area contributed by atoms with Crippen molar-refractivity contribution in [3.05, 3.63) is 65.2 Å². The Kier molecular flexibility index (Phi) is 6.05. The first-order valence-corrected chi connectivity index (χ1v) is 10.6. The summed E-state index contributed by atoms with van der Waals surface area (Å²) in [6.07, 6.45) is 1.16. The van der Waals surface area contributed by atoms with Crippen LogP contribution in [0.1, 0.15) is 12.0 Å². The topological polar surface area (TPSA) is 43.9 Å². The molecule has 2 aliphatic rings. The third-order valence-electron chi connectivity index (χ3n) is 5.84. The molecular weight excluding hydrogens is 386 g/mol. The standard InChI is InChI=1S/C23H26ClN3O2/c24-20-7-4-8-21(16-20)25-11-13-26(14-12-25)23(29)19-15-22(28)27(17-19)10-9-18-5-2-1-3-6-18/h1-8,16,19H,9-15,17H2/t19-/m1/s1. The predicted octanol–water partition coefficient (Wildman–Crippen LogP) is 3.08. The minimum absolute atomic E-state index is 0.0943. The van der Waals surface area contributed by atoms with Crippen LogP contribution in [0.25, 0.3) is 0 Å². The van der Waals surface area contributed by atoms with Crippen LogP contribution < -0.4 is 4.90 Å². The molecular formula is C23H26ClN3O2. The number of nitrogens with zero attached hydrogens (tertiary/aromatic N) is 3. The highest BCUT2D eigenvalue weighted by molar-refractivity contribution is 6.30. The zero-order chi connectivity index (χ0) is 20.2. The van der Waals surface area contributed by atoms with E-state index in [1.54, 1.807) is 0 Å². The molecule has 0 aromatic heterocycles. The molecule has 4 rings (SSSR count). The summed E-state index contributed by atoms with van der Waals surface area (Å²) in [6, 6.07) is 18.0. The highest BCUT2D eigenvalue weighted by atomic mass is 35.5. The summed E-state index contributed by atoms with van der Waals surface area (Å²) in [5.74, 6) is -0.000794. The van der Waals surface area contributed by atoms with E-state index < -0.39 is 0 Å². The van der Waals surface area contributed by atoms with Crippen molar-refractivity contribution in [1.29, 1.82) is 0 Å². The Morgan fingerprint density at radius 1 is 1.00 bits per heavy atom. The highest BCUT2D eigenvalue weighted by Crippen LogP contribution is 2.24. The Bertz CT molecular complexity index is 865. The first kappa shape index (κ1) is 19.8. The average Bonchev–Trinajstić information content (AvgIpc) is 3.13. The number of carbonyl (C=O) groups excluding carboxylic acids is 2. The highest BCUT2D eigenvalue weighted by Gasteiger charge is 2.37. The van der Waals surface area contributed by atoms with Crippen LogP contribution in [0.5, 0.6) is 0 Å². The molecule has 2 heterocycles. The number of carbonyl (C=O) groups is 2. The van der Waals surface area contributed by atoms with Gasteiger partial charge in [0.2, 0.25) is 11.8 Å². The van der Waals surface area contributed by atoms with Crippen LogP contribution in [0.3, 0.4) is 0 Å². The number of piperazine rings is 1. The average molecular weight is 412 g/mol. The fraction of sp³-hybridized carbons (Fsp3) is 0.391. The van der Waals surface area contributed by atoms with Gasteiger partial charge < -0.3 is 14.7 Å². The van der Waals surface area contributed by atoms with Crippen LogP contribution in [0.2, 0.25) is 5.02 Å². The van der Waals surface area contributed by atoms with Gasteiger partial charge in [-0.15, -0.1) is 0 Å². The second-order valence-electron chi connectivity index (χ2n) is 7.77. The zero-order valence-electron chi connectivity index (χ0n) is 16.5. The van der Waals surface area contributed by atoms with E-state index in [-0.39, 0.29) is 17.7 Å². The van der Waals surface area contributed by atoms with Gasteiger partial charge in [-0.3, -0.25) is 9.59 Å². The van der Waals surface area contributed by atoms with Crippen LogP contribution in [-0.2, 0) is 16.0 Å². The third-order valence-corrected chi connectivity index (χ3v) is 6.08. The van der Waals surface area contributed by atoms with Crippen LogP contribution in [0.15, 0.2) is 54.6 Å². The summed E-state index contributed by atoms with van der Waals surface area (Å²) in [6.45, 7) is 4.14. The van der Waals surface area contributed by atoms with E-state index in [0.29, 0.717) is 32.6 Å². The summed E-state index contributed by atoms with van der Waals surface area (Å²) in [4.78, 5) is 31.4. The molecule has 2 amide bonds. The monoisotopic (exact) mass is 411 g/mol. The van der Waals surface area contributed by atoms with Crippen molar-refractivity contribution in [1.82, 2.24) is 9.80 Å². The number of likely N-dealkylation sites (tertiary alicyclic amines) is 1. The van der Waals surface area contributed by atoms with Crippen molar-refractivity contribution in [2.75, 3.05) is 44.2 Å². The zero-order valence-corrected chi connectivity index (χ0v) is 17.2. The molecule has 0 spiro atoms. The minimum Gasteiger partial charge on any atom is -0.368 e. The number of amides is 2. The van der Waals surface area contributed by atoms with Gasteiger partial charge in [0.15, 0.2) is 0 Å². The van der Waals surface area contributed by atoms with Gasteiger partial charge in [-0.1, -0.05) is 48.0 Å². The first-order valence-electron chi connectivity index (χ1n) is 10.2. The smallest absolute Gasteiger partial charge is 0.228 e. The van der Waals surface area contributed by atoms with Crippen molar-refractivity contribution in [2.24, 2.45) is 5.92 Å². The molecule has 0 aliphatic carbocycles. The molecule has 0 N–H and O–H groups in total. The Morgan fingerprint density at radius 2 is 1.76 bits per heavy atom. The van der Waals surface area contributed by atoms with Gasteiger partial charge in [0.1, 0.15) is 0 Å². The molecule has 2 fully saturated rings. The van der Waals surface area contributed by atoms with Crippen molar-refractivity contribution >= 4 is 29.1 Å². The van der Waals surface area contributed by atoms with E-state index in [0.717, 1.165) is 30.2 Å². The Balaban J connectivity index is 1.28. The predicted molar refractivity (Wildman–Crippen MR) is 115 cm³/mol. The van der Waals surface area contributed by atoms with Gasteiger partial charge in [-0.05, 0) is 30.2 Å². The van der Waals surface area contributed by atoms with Crippen molar-refractivity contribution in [3.63, 3.8) is 0 Å². The second kappa shape index (κ2) is 8.87. The van der Waals surface area contributed by atoms with Crippen LogP contribution >= 0.6 is 11.6 Å². The van der Waals surface area contributed by atoms with E-state index in [1.165, 1.54) is 5.56 Å². The van der Waals surface area contributed by atoms with Crippen LogP contribution in [-0.4, -0.2) is 60.9 Å². The van der Waals surface area contributed by atoms with E-state index >= 15 is 0 Å². The van der Waals surface area contributed by atoms with Gasteiger partial charge in [0.05, 0.1) is 5.92 Å². The lowest BCUT2D eigenvalue weighted by Crippen LogP contribution is -2.50. The number of anilines is 1. The molecule has 6 heteroatoms. The Labute approximate surface area is 176 Å². The molecule has 152 valence electrons. The SMILES string of the molecule is O=C1C[C@@H](C(=O)N2CCN(c3cccc(Cl)c3)CC2)CN1CCc1ccccc1. The number of hydrogen-bond acceptors (Lipinski definition) is 3. The molecule has 0 saturated carbocycles. The van der Waals surface area contributed by atoms with Crippen LogP contribution in [0, 0.1) is 5.92 Å². The summed E-state index contributed by atoms with van der Waals surface area (Å²) >= 11 is 6.09. The molecule has 0 bridgehead atoms. The molecule has 2 aromatic carbocycles. The summed E-state index contributed by atoms with van der Waals surface area (Å²) in [5.41, 5.74) is 2.31. The normalized spacial score (nSPS) is 19.7. The molecule has 0 unspecified atom stereocenters. The van der Waals surface area contributed by atoms with Crippen molar-refractivity contribution in [3.8, 4) is 0 Å². The third kappa shape index (κ3) is 4.73. The Hall–Kier alpha value is -2.53. The number of hydrogen-bond donors (Lipinski definition) is 0. The molecule has 1 atom stereocenters. The minimum atomic E-state index is -0.212. The van der Waals surface area contributed by atoms with E-state index in [9.17, 15) is 9.59 Å². The number of rotatable bonds is 5. The largest absolute Gasteiger partial charge is 0.368 e. The fourth-order valence-corrected chi connectivity index (χ4v) is 4.36. The van der Waals surface area contributed by atoms with E-state index in [4.69, 9.17) is 11.6 Å². The van der Waals surface area contributed by atoms with Gasteiger partial charge in [0, 0.05) is 56.4 Å². The quantitative estimate of drug-likeness (QED) is 0.759. The molecule has 29 heavy (non-hydrogen) atoms. The number of benzene rings is 2. The summed E-state index contributed by atoms with van der Waals surface area (Å²) in [5, 5.41) is 0.723. The van der Waals surface area contributed by atoms with Gasteiger partial charge >= 0.3 is 0 Å². The van der Waals surface area contributed by atoms with Crippen molar-refractivity contribution < 1.29 is 9.59 Å². The lowest BCUT2D eigenvalue weighted by Gasteiger charge is -2.37. The fourth-order valence-electron chi connectivity index (χ4n) is 4.18. The van der Waals surface area contributed by atoms with Gasteiger partial charge in [-0.25, -0.2) is 0 Å². The summed E-state index contributed by atoms with van der Waals surface area (Å²) < 4.78 is 0. The molecule has 5 nitrogen and oxygen atoms in total. The summed E-state index contributed by atoms with van der Waals surface area (Å²) in [7, 11) is 0. The first-order chi connectivity index (χ1) is 14.1. The van der Waals surface area contributed by atoms with Gasteiger partial charge in [0.25, 0.3) is 0 Å². The molecule has 2 saturated heterocycles. The Morgan fingerprint density at radius 3 is 2.48 bits per heavy atom. The van der Waals surface area contributed by atoms with E-state index in [2.05, 4.69) is 17.0 Å². The maximum absolute atomic E-state index is 13.0. The lowest BCUT2D eigenvalue weighted by molar-refractivity contribution is -0.136. The molecule has 0 radical (unpaired) electrons. The van der Waals surface area contributed by atoms with E-state index in [1.807, 2.05) is 52.3 Å². The van der Waals surface area contributed by atoms with Crippen LogP contribution in [0.4, 0.5) is 5.69 Å². The van der Waals surface area contributed by atoms with Crippen molar-refractivity contribution in [2.45, 2.75) is 12.8 Å².